The van der Waals surface area contributed by atoms with Gasteiger partial charge in [-0.05, 0) is 43.6 Å². The lowest BCUT2D eigenvalue weighted by Gasteiger charge is -2.33. The van der Waals surface area contributed by atoms with Gasteiger partial charge in [0.25, 0.3) is 0 Å². The Kier molecular flexibility index (Phi) is 6.51. The molecule has 0 aliphatic heterocycles. The summed E-state index contributed by atoms with van der Waals surface area (Å²) in [4.78, 5) is 0. The van der Waals surface area contributed by atoms with E-state index in [4.69, 9.17) is 0 Å². The van der Waals surface area contributed by atoms with Crippen molar-refractivity contribution in [1.29, 1.82) is 0 Å². The lowest BCUT2D eigenvalue weighted by atomic mass is 9.77. The van der Waals surface area contributed by atoms with Crippen LogP contribution in [0.1, 0.15) is 60.8 Å². The summed E-state index contributed by atoms with van der Waals surface area (Å²) in [5.74, 6) is 1.62. The van der Waals surface area contributed by atoms with E-state index in [9.17, 15) is 0 Å². The zero-order chi connectivity index (χ0) is 12.1. The van der Waals surface area contributed by atoms with Crippen LogP contribution in [0.2, 0.25) is 0 Å². The van der Waals surface area contributed by atoms with Gasteiger partial charge in [0.1, 0.15) is 0 Å². The molecule has 0 amide bonds. The van der Waals surface area contributed by atoms with E-state index in [2.05, 4.69) is 53.9 Å². The summed E-state index contributed by atoms with van der Waals surface area (Å²) in [6, 6.07) is 0.687. The highest BCUT2D eigenvalue weighted by molar-refractivity contribution is 4.79. The minimum Gasteiger partial charge on any atom is -0.317 e. The maximum atomic E-state index is 3.48. The monoisotopic (exact) mass is 213 g/mol. The van der Waals surface area contributed by atoms with Gasteiger partial charge >= 0.3 is 0 Å². The van der Waals surface area contributed by atoms with Crippen LogP contribution in [-0.2, 0) is 0 Å². The van der Waals surface area contributed by atoms with Crippen molar-refractivity contribution >= 4 is 0 Å². The molecule has 0 radical (unpaired) electrons. The predicted octanol–water partition coefficient (Wildman–Crippen LogP) is 4.08. The van der Waals surface area contributed by atoms with Gasteiger partial charge in [0, 0.05) is 6.04 Å². The number of rotatable bonds is 6. The normalized spacial score (nSPS) is 16.8. The first-order chi connectivity index (χ1) is 6.80. The van der Waals surface area contributed by atoms with Crippen LogP contribution >= 0.6 is 0 Å². The minimum atomic E-state index is 0.448. The molecule has 0 heterocycles. The molecule has 0 saturated carbocycles. The molecule has 1 heteroatoms. The zero-order valence-corrected chi connectivity index (χ0v) is 11.9. The summed E-state index contributed by atoms with van der Waals surface area (Å²) >= 11 is 0. The molecule has 1 nitrogen and oxygen atoms in total. The van der Waals surface area contributed by atoms with Crippen molar-refractivity contribution in [2.75, 3.05) is 7.05 Å². The summed E-state index contributed by atoms with van der Waals surface area (Å²) in [5, 5.41) is 3.48. The topological polar surface area (TPSA) is 12.0 Å². The Bertz CT molecular complexity index is 151. The van der Waals surface area contributed by atoms with Crippen molar-refractivity contribution in [3.05, 3.63) is 0 Å². The Labute approximate surface area is 97.0 Å². The molecular weight excluding hydrogens is 182 g/mol. The van der Waals surface area contributed by atoms with Crippen molar-refractivity contribution in [2.24, 2.45) is 17.3 Å². The average Bonchev–Trinajstić information content (AvgIpc) is 2.01. The van der Waals surface area contributed by atoms with Crippen LogP contribution in [0.3, 0.4) is 0 Å². The van der Waals surface area contributed by atoms with Crippen LogP contribution in [-0.4, -0.2) is 13.1 Å². The van der Waals surface area contributed by atoms with Gasteiger partial charge in [-0.1, -0.05) is 41.5 Å². The smallest absolute Gasteiger partial charge is 0.00899 e. The molecule has 0 aliphatic carbocycles. The number of hydrogen-bond acceptors (Lipinski definition) is 1. The summed E-state index contributed by atoms with van der Waals surface area (Å²) in [5.41, 5.74) is 0.448. The molecule has 15 heavy (non-hydrogen) atoms. The molecule has 2 unspecified atom stereocenters. The molecule has 2 atom stereocenters. The average molecular weight is 213 g/mol. The van der Waals surface area contributed by atoms with Gasteiger partial charge in [-0.25, -0.2) is 0 Å². The third kappa shape index (κ3) is 6.94. The third-order valence-electron chi connectivity index (χ3n) is 3.03. The van der Waals surface area contributed by atoms with Crippen LogP contribution in [0.25, 0.3) is 0 Å². The fraction of sp³-hybridized carbons (Fsp3) is 1.00. The summed E-state index contributed by atoms with van der Waals surface area (Å²) in [7, 11) is 2.10. The van der Waals surface area contributed by atoms with Gasteiger partial charge in [0.15, 0.2) is 0 Å². The van der Waals surface area contributed by atoms with Crippen molar-refractivity contribution < 1.29 is 0 Å². The van der Waals surface area contributed by atoms with Gasteiger partial charge in [0.05, 0.1) is 0 Å². The van der Waals surface area contributed by atoms with Gasteiger partial charge in [-0.3, -0.25) is 0 Å². The highest BCUT2D eigenvalue weighted by atomic mass is 14.9. The first-order valence-electron chi connectivity index (χ1n) is 6.47. The van der Waals surface area contributed by atoms with Crippen LogP contribution in [0, 0.1) is 17.3 Å². The van der Waals surface area contributed by atoms with Crippen molar-refractivity contribution in [1.82, 2.24) is 5.32 Å². The third-order valence-corrected chi connectivity index (χ3v) is 3.03. The number of hydrogen-bond donors (Lipinski definition) is 1. The van der Waals surface area contributed by atoms with Crippen molar-refractivity contribution in [3.8, 4) is 0 Å². The van der Waals surface area contributed by atoms with E-state index in [1.165, 1.54) is 19.3 Å². The molecule has 1 N–H and O–H groups in total. The lowest BCUT2D eigenvalue weighted by Crippen LogP contribution is -2.35. The second-order valence-electron chi connectivity index (χ2n) is 6.46. The highest BCUT2D eigenvalue weighted by Gasteiger charge is 2.24. The van der Waals surface area contributed by atoms with E-state index in [-0.39, 0.29) is 0 Å². The van der Waals surface area contributed by atoms with E-state index in [0.717, 1.165) is 11.8 Å². The van der Waals surface area contributed by atoms with E-state index < -0.39 is 0 Å². The zero-order valence-electron chi connectivity index (χ0n) is 11.9. The quantitative estimate of drug-likeness (QED) is 0.701. The van der Waals surface area contributed by atoms with Gasteiger partial charge in [-0.15, -0.1) is 0 Å². The van der Waals surface area contributed by atoms with Crippen molar-refractivity contribution in [2.45, 2.75) is 66.8 Å². The van der Waals surface area contributed by atoms with Crippen molar-refractivity contribution in [3.63, 3.8) is 0 Å². The molecule has 0 saturated heterocycles. The largest absolute Gasteiger partial charge is 0.317 e. The maximum Gasteiger partial charge on any atom is 0.00899 e. The lowest BCUT2D eigenvalue weighted by molar-refractivity contribution is 0.212. The Balaban J connectivity index is 4.42. The Hall–Kier alpha value is -0.0400. The Morgan fingerprint density at radius 1 is 1.13 bits per heavy atom. The minimum absolute atomic E-state index is 0.448. The first kappa shape index (κ1) is 15.0. The summed E-state index contributed by atoms with van der Waals surface area (Å²) < 4.78 is 0. The van der Waals surface area contributed by atoms with Crippen LogP contribution in [0.5, 0.6) is 0 Å². The summed E-state index contributed by atoms with van der Waals surface area (Å²) in [6.07, 6.45) is 3.91. The fourth-order valence-electron chi connectivity index (χ4n) is 2.56. The second kappa shape index (κ2) is 6.52. The highest BCUT2D eigenvalue weighted by Crippen LogP contribution is 2.31. The molecule has 0 aromatic heterocycles. The van der Waals surface area contributed by atoms with E-state index in [1.807, 2.05) is 0 Å². The van der Waals surface area contributed by atoms with Gasteiger partial charge in [0.2, 0.25) is 0 Å². The fourth-order valence-corrected chi connectivity index (χ4v) is 2.56. The predicted molar refractivity (Wildman–Crippen MR) is 70.2 cm³/mol. The molecule has 0 aliphatic rings. The molecular formula is C14H31N. The molecule has 0 fully saturated rings. The molecule has 0 aromatic rings. The second-order valence-corrected chi connectivity index (χ2v) is 6.46. The Morgan fingerprint density at radius 3 is 1.93 bits per heavy atom. The maximum absolute atomic E-state index is 3.48. The van der Waals surface area contributed by atoms with E-state index >= 15 is 0 Å². The molecule has 0 aromatic carbocycles. The van der Waals surface area contributed by atoms with Crippen LogP contribution in [0.15, 0.2) is 0 Å². The molecule has 0 spiro atoms. The molecule has 92 valence electrons. The van der Waals surface area contributed by atoms with E-state index in [1.54, 1.807) is 0 Å². The molecule has 0 bridgehead atoms. The standard InChI is InChI=1S/C14H31N/c1-8-13(15-7)12(9-11(2)3)10-14(4,5)6/h11-13,15H,8-10H2,1-7H3. The number of nitrogens with one attached hydrogen (secondary N) is 1. The molecule has 0 rings (SSSR count). The van der Waals surface area contributed by atoms with Gasteiger partial charge in [-0.2, -0.15) is 0 Å². The van der Waals surface area contributed by atoms with E-state index in [0.29, 0.717) is 11.5 Å². The van der Waals surface area contributed by atoms with Crippen LogP contribution < -0.4 is 5.32 Å². The first-order valence-corrected chi connectivity index (χ1v) is 6.47. The van der Waals surface area contributed by atoms with Gasteiger partial charge < -0.3 is 5.32 Å². The van der Waals surface area contributed by atoms with Crippen LogP contribution in [0.4, 0.5) is 0 Å². The SMILES string of the molecule is CCC(NC)C(CC(C)C)CC(C)(C)C. The Morgan fingerprint density at radius 2 is 1.67 bits per heavy atom. The summed E-state index contributed by atoms with van der Waals surface area (Å²) in [6.45, 7) is 14.0.